The van der Waals surface area contributed by atoms with Gasteiger partial charge in [-0.2, -0.15) is 0 Å². The molecule has 1 heterocycles. The van der Waals surface area contributed by atoms with Crippen molar-refractivity contribution in [1.82, 2.24) is 4.98 Å². The number of para-hydroxylation sites is 1. The Morgan fingerprint density at radius 2 is 1.91 bits per heavy atom. The van der Waals surface area contributed by atoms with Crippen molar-refractivity contribution < 1.29 is 27.4 Å². The molecule has 0 unspecified atom stereocenters. The molecule has 0 fully saturated rings. The highest BCUT2D eigenvalue weighted by atomic mass is 19.4. The fourth-order valence-corrected chi connectivity index (χ4v) is 1.95. The van der Waals surface area contributed by atoms with Gasteiger partial charge in [-0.25, -0.2) is 9.78 Å². The van der Waals surface area contributed by atoms with Crippen LogP contribution in [0, 0.1) is 6.92 Å². The second-order valence-corrected chi connectivity index (χ2v) is 4.43. The lowest BCUT2D eigenvalue weighted by molar-refractivity contribution is -0.274. The maximum Gasteiger partial charge on any atom is 0.573 e. The van der Waals surface area contributed by atoms with E-state index in [-0.39, 0.29) is 17.0 Å². The quantitative estimate of drug-likeness (QED) is 0.810. The van der Waals surface area contributed by atoms with Crippen LogP contribution in [0.15, 0.2) is 36.5 Å². The zero-order valence-electron chi connectivity index (χ0n) is 11.8. The number of carbonyl (C=O) groups excluding carboxylic acids is 1. The zero-order chi connectivity index (χ0) is 16.3. The molecule has 2 rings (SSSR count). The number of hydrogen-bond donors (Lipinski definition) is 0. The van der Waals surface area contributed by atoms with E-state index >= 15 is 0 Å². The number of benzene rings is 1. The third kappa shape index (κ3) is 3.55. The summed E-state index contributed by atoms with van der Waals surface area (Å²) in [5, 5.41) is 0. The maximum absolute atomic E-state index is 12.4. The first-order valence-corrected chi connectivity index (χ1v) is 6.22. The van der Waals surface area contributed by atoms with E-state index in [0.29, 0.717) is 11.1 Å². The molecule has 0 aliphatic heterocycles. The van der Waals surface area contributed by atoms with Crippen LogP contribution in [0.2, 0.25) is 0 Å². The number of aromatic nitrogens is 1. The molecule has 0 radical (unpaired) electrons. The van der Waals surface area contributed by atoms with Crippen LogP contribution in [0.3, 0.4) is 0 Å². The minimum Gasteiger partial charge on any atom is -0.464 e. The maximum atomic E-state index is 12.4. The Morgan fingerprint density at radius 1 is 1.23 bits per heavy atom. The first-order valence-electron chi connectivity index (χ1n) is 6.22. The molecule has 1 aromatic heterocycles. The van der Waals surface area contributed by atoms with Crippen LogP contribution in [0.5, 0.6) is 5.75 Å². The molecule has 0 saturated carbocycles. The van der Waals surface area contributed by atoms with Crippen LogP contribution in [0.4, 0.5) is 13.2 Å². The van der Waals surface area contributed by atoms with Crippen molar-refractivity contribution in [2.75, 3.05) is 7.11 Å². The van der Waals surface area contributed by atoms with Crippen LogP contribution >= 0.6 is 0 Å². The number of nitrogens with zero attached hydrogens (tertiary/aromatic N) is 1. The lowest BCUT2D eigenvalue weighted by Gasteiger charge is -2.13. The van der Waals surface area contributed by atoms with Gasteiger partial charge in [-0.1, -0.05) is 18.2 Å². The summed E-state index contributed by atoms with van der Waals surface area (Å²) in [4.78, 5) is 15.4. The Kier molecular flexibility index (Phi) is 4.35. The van der Waals surface area contributed by atoms with E-state index in [4.69, 9.17) is 0 Å². The van der Waals surface area contributed by atoms with Crippen molar-refractivity contribution in [3.63, 3.8) is 0 Å². The summed E-state index contributed by atoms with van der Waals surface area (Å²) in [6.07, 6.45) is -3.48. The van der Waals surface area contributed by atoms with E-state index in [1.807, 2.05) is 0 Å². The Hall–Kier alpha value is -2.57. The lowest BCUT2D eigenvalue weighted by atomic mass is 10.0. The normalized spacial score (nSPS) is 11.1. The second-order valence-electron chi connectivity index (χ2n) is 4.43. The first kappa shape index (κ1) is 15.8. The molecule has 0 N–H and O–H groups in total. The van der Waals surface area contributed by atoms with Crippen LogP contribution in [-0.2, 0) is 4.74 Å². The van der Waals surface area contributed by atoms with Gasteiger partial charge in [0.1, 0.15) is 5.75 Å². The van der Waals surface area contributed by atoms with Crippen molar-refractivity contribution in [2.24, 2.45) is 0 Å². The van der Waals surface area contributed by atoms with Gasteiger partial charge in [-0.15, -0.1) is 13.2 Å². The van der Waals surface area contributed by atoms with E-state index in [2.05, 4.69) is 14.5 Å². The monoisotopic (exact) mass is 311 g/mol. The predicted octanol–water partition coefficient (Wildman–Crippen LogP) is 3.74. The number of halogens is 3. The Balaban J connectivity index is 2.45. The Labute approximate surface area is 124 Å². The molecule has 116 valence electrons. The summed E-state index contributed by atoms with van der Waals surface area (Å²) >= 11 is 0. The molecule has 0 amide bonds. The predicted molar refractivity (Wildman–Crippen MR) is 72.4 cm³/mol. The number of esters is 1. The van der Waals surface area contributed by atoms with Gasteiger partial charge in [0, 0.05) is 17.3 Å². The van der Waals surface area contributed by atoms with Gasteiger partial charge >= 0.3 is 12.3 Å². The standard InChI is InChI=1S/C15H12F3NO3/c1-9-7-10(8-19-13(9)14(20)21-2)11-5-3-4-6-12(11)22-15(16,17)18/h3-8H,1-2H3. The zero-order valence-corrected chi connectivity index (χ0v) is 11.8. The van der Waals surface area contributed by atoms with Crippen molar-refractivity contribution in [1.29, 1.82) is 0 Å². The summed E-state index contributed by atoms with van der Waals surface area (Å²) < 4.78 is 45.9. The molecule has 0 saturated heterocycles. The average Bonchev–Trinajstić information content (AvgIpc) is 2.45. The molecule has 7 heteroatoms. The average molecular weight is 311 g/mol. The van der Waals surface area contributed by atoms with Crippen molar-refractivity contribution in [3.8, 4) is 16.9 Å². The van der Waals surface area contributed by atoms with Gasteiger partial charge in [-0.05, 0) is 24.6 Å². The van der Waals surface area contributed by atoms with Crippen molar-refractivity contribution in [3.05, 3.63) is 47.8 Å². The number of pyridine rings is 1. The molecule has 0 atom stereocenters. The molecular formula is C15H12F3NO3. The molecule has 1 aromatic carbocycles. The lowest BCUT2D eigenvalue weighted by Crippen LogP contribution is -2.17. The second kappa shape index (κ2) is 6.05. The third-order valence-electron chi connectivity index (χ3n) is 2.88. The molecule has 4 nitrogen and oxygen atoms in total. The molecule has 2 aromatic rings. The largest absolute Gasteiger partial charge is 0.573 e. The minimum atomic E-state index is -4.79. The Bertz CT molecular complexity index is 699. The van der Waals surface area contributed by atoms with E-state index in [9.17, 15) is 18.0 Å². The molecule has 22 heavy (non-hydrogen) atoms. The topological polar surface area (TPSA) is 48.4 Å². The molecule has 0 aliphatic carbocycles. The minimum absolute atomic E-state index is 0.112. The SMILES string of the molecule is COC(=O)c1ncc(-c2ccccc2OC(F)(F)F)cc1C. The summed E-state index contributed by atoms with van der Waals surface area (Å²) in [6.45, 7) is 1.62. The number of aryl methyl sites for hydroxylation is 1. The summed E-state index contributed by atoms with van der Waals surface area (Å²) in [7, 11) is 1.23. The van der Waals surface area contributed by atoms with Crippen LogP contribution < -0.4 is 4.74 Å². The molecular weight excluding hydrogens is 299 g/mol. The number of alkyl halides is 3. The van der Waals surface area contributed by atoms with Crippen LogP contribution in [-0.4, -0.2) is 24.4 Å². The smallest absolute Gasteiger partial charge is 0.464 e. The number of ether oxygens (including phenoxy) is 2. The number of hydrogen-bond acceptors (Lipinski definition) is 4. The van der Waals surface area contributed by atoms with Gasteiger partial charge in [-0.3, -0.25) is 0 Å². The summed E-state index contributed by atoms with van der Waals surface area (Å²) in [5.41, 5.74) is 1.24. The highest BCUT2D eigenvalue weighted by Crippen LogP contribution is 2.33. The van der Waals surface area contributed by atoms with Crippen molar-refractivity contribution >= 4 is 5.97 Å². The van der Waals surface area contributed by atoms with Gasteiger partial charge in [0.15, 0.2) is 5.69 Å². The van der Waals surface area contributed by atoms with Gasteiger partial charge in [0.2, 0.25) is 0 Å². The molecule has 0 aliphatic rings. The fraction of sp³-hybridized carbons (Fsp3) is 0.200. The number of rotatable bonds is 3. The van der Waals surface area contributed by atoms with Gasteiger partial charge < -0.3 is 9.47 Å². The number of carbonyl (C=O) groups is 1. The molecule has 0 bridgehead atoms. The van der Waals surface area contributed by atoms with E-state index < -0.39 is 12.3 Å². The Morgan fingerprint density at radius 3 is 2.50 bits per heavy atom. The molecule has 0 spiro atoms. The third-order valence-corrected chi connectivity index (χ3v) is 2.88. The number of methoxy groups -OCH3 is 1. The first-order chi connectivity index (χ1) is 10.3. The van der Waals surface area contributed by atoms with Gasteiger partial charge in [0.25, 0.3) is 0 Å². The highest BCUT2D eigenvalue weighted by Gasteiger charge is 2.32. The fourth-order valence-electron chi connectivity index (χ4n) is 1.95. The van der Waals surface area contributed by atoms with Crippen molar-refractivity contribution in [2.45, 2.75) is 13.3 Å². The van der Waals surface area contributed by atoms with Crippen LogP contribution in [0.25, 0.3) is 11.1 Å². The van der Waals surface area contributed by atoms with Gasteiger partial charge in [0.05, 0.1) is 7.11 Å². The van der Waals surface area contributed by atoms with E-state index in [1.165, 1.54) is 31.5 Å². The summed E-state index contributed by atoms with van der Waals surface area (Å²) in [5.74, 6) is -0.939. The highest BCUT2D eigenvalue weighted by molar-refractivity contribution is 5.89. The van der Waals surface area contributed by atoms with E-state index in [0.717, 1.165) is 0 Å². The van der Waals surface area contributed by atoms with E-state index in [1.54, 1.807) is 19.1 Å². The summed E-state index contributed by atoms with van der Waals surface area (Å²) in [6, 6.07) is 7.27. The van der Waals surface area contributed by atoms with Crippen LogP contribution in [0.1, 0.15) is 16.1 Å².